The Bertz CT molecular complexity index is 1050. The topological polar surface area (TPSA) is 86.5 Å². The molecule has 0 aliphatic carbocycles. The first-order chi connectivity index (χ1) is 12.5. The molecule has 1 heterocycles. The molecule has 0 saturated carbocycles. The molecule has 0 bridgehead atoms. The predicted octanol–water partition coefficient (Wildman–Crippen LogP) is 5.53. The molecular weight excluding hydrogens is 387 g/mol. The van der Waals surface area contributed by atoms with Gasteiger partial charge in [-0.15, -0.1) is 0 Å². The van der Waals surface area contributed by atoms with Crippen molar-refractivity contribution in [3.63, 3.8) is 0 Å². The molecule has 7 heteroatoms. The Hall–Kier alpha value is -2.70. The van der Waals surface area contributed by atoms with Gasteiger partial charge in [0.15, 0.2) is 0 Å². The maximum absolute atomic E-state index is 9.75. The summed E-state index contributed by atoms with van der Waals surface area (Å²) in [7, 11) is 0. The minimum Gasteiger partial charge on any atom is -0.383 e. The lowest BCUT2D eigenvalue weighted by Gasteiger charge is -2.13. The molecule has 4 nitrogen and oxygen atoms in total. The standard InChI is InChI=1S/C19H10Cl2N4S/c20-12-3-1-11(2-4-12)17-15(9-22)18(24)25-19(16(17)10-23)26-14-7-5-13(21)6-8-14/h1-8H,(H2,24,25). The molecule has 0 aliphatic heterocycles. The van der Waals surface area contributed by atoms with Gasteiger partial charge in [-0.3, -0.25) is 0 Å². The number of pyridine rings is 1. The summed E-state index contributed by atoms with van der Waals surface area (Å²) < 4.78 is 0. The van der Waals surface area contributed by atoms with Crippen LogP contribution in [0.2, 0.25) is 10.0 Å². The molecule has 2 N–H and O–H groups in total. The van der Waals surface area contributed by atoms with Crippen LogP contribution in [0.15, 0.2) is 58.5 Å². The number of aromatic nitrogens is 1. The second kappa shape index (κ2) is 7.68. The van der Waals surface area contributed by atoms with Crippen LogP contribution < -0.4 is 5.73 Å². The highest BCUT2D eigenvalue weighted by Gasteiger charge is 2.20. The van der Waals surface area contributed by atoms with Crippen molar-refractivity contribution in [1.82, 2.24) is 4.98 Å². The van der Waals surface area contributed by atoms with Gasteiger partial charge in [0, 0.05) is 20.5 Å². The Morgan fingerprint density at radius 3 is 1.92 bits per heavy atom. The van der Waals surface area contributed by atoms with Crippen LogP contribution in [0.1, 0.15) is 11.1 Å². The highest BCUT2D eigenvalue weighted by Crippen LogP contribution is 2.38. The van der Waals surface area contributed by atoms with Crippen molar-refractivity contribution in [3.8, 4) is 23.3 Å². The molecule has 0 radical (unpaired) electrons. The van der Waals surface area contributed by atoms with Crippen molar-refractivity contribution in [2.24, 2.45) is 0 Å². The van der Waals surface area contributed by atoms with Crippen LogP contribution in [0.4, 0.5) is 5.82 Å². The van der Waals surface area contributed by atoms with Crippen LogP contribution in [0.5, 0.6) is 0 Å². The Morgan fingerprint density at radius 2 is 1.38 bits per heavy atom. The van der Waals surface area contributed by atoms with Crippen molar-refractivity contribution in [3.05, 3.63) is 69.7 Å². The molecule has 0 amide bonds. The van der Waals surface area contributed by atoms with Gasteiger partial charge in [-0.2, -0.15) is 10.5 Å². The van der Waals surface area contributed by atoms with Gasteiger partial charge in [0.25, 0.3) is 0 Å². The molecule has 126 valence electrons. The second-order valence-corrected chi connectivity index (χ2v) is 7.15. The number of hydrogen-bond donors (Lipinski definition) is 1. The minimum atomic E-state index is 0.0768. The zero-order chi connectivity index (χ0) is 18.7. The Morgan fingerprint density at radius 1 is 0.846 bits per heavy atom. The van der Waals surface area contributed by atoms with Gasteiger partial charge < -0.3 is 5.73 Å². The maximum Gasteiger partial charge on any atom is 0.143 e. The first-order valence-corrected chi connectivity index (χ1v) is 8.93. The second-order valence-electron chi connectivity index (χ2n) is 5.21. The molecule has 26 heavy (non-hydrogen) atoms. The highest BCUT2D eigenvalue weighted by molar-refractivity contribution is 7.99. The molecule has 0 saturated heterocycles. The van der Waals surface area contributed by atoms with E-state index in [4.69, 9.17) is 28.9 Å². The van der Waals surface area contributed by atoms with Crippen LogP contribution in [-0.4, -0.2) is 4.98 Å². The fourth-order valence-corrected chi connectivity index (χ4v) is 3.53. The number of halogens is 2. The van der Waals surface area contributed by atoms with Gasteiger partial charge in [-0.25, -0.2) is 4.98 Å². The molecular formula is C19H10Cl2N4S. The number of anilines is 1. The summed E-state index contributed by atoms with van der Waals surface area (Å²) in [5.74, 6) is 0.0768. The zero-order valence-corrected chi connectivity index (χ0v) is 15.5. The number of hydrogen-bond acceptors (Lipinski definition) is 5. The van der Waals surface area contributed by atoms with Crippen molar-refractivity contribution in [2.75, 3.05) is 5.73 Å². The first-order valence-electron chi connectivity index (χ1n) is 7.36. The Balaban J connectivity index is 2.21. The number of nitrogens with zero attached hydrogens (tertiary/aromatic N) is 3. The summed E-state index contributed by atoms with van der Waals surface area (Å²) in [6.07, 6.45) is 0. The van der Waals surface area contributed by atoms with E-state index in [-0.39, 0.29) is 16.9 Å². The van der Waals surface area contributed by atoms with Crippen LogP contribution >= 0.6 is 35.0 Å². The first kappa shape index (κ1) is 18.1. The molecule has 0 atom stereocenters. The predicted molar refractivity (Wildman–Crippen MR) is 104 cm³/mol. The van der Waals surface area contributed by atoms with Crippen LogP contribution in [0.3, 0.4) is 0 Å². The van der Waals surface area contributed by atoms with E-state index in [0.717, 1.165) is 4.90 Å². The number of rotatable bonds is 3. The lowest BCUT2D eigenvalue weighted by Crippen LogP contribution is -2.03. The highest BCUT2D eigenvalue weighted by atomic mass is 35.5. The molecule has 0 unspecified atom stereocenters. The van der Waals surface area contributed by atoms with Crippen LogP contribution in [-0.2, 0) is 0 Å². The zero-order valence-electron chi connectivity index (χ0n) is 13.2. The van der Waals surface area contributed by atoms with E-state index in [9.17, 15) is 10.5 Å². The lowest BCUT2D eigenvalue weighted by atomic mass is 9.97. The molecule has 0 fully saturated rings. The number of benzene rings is 2. The fourth-order valence-electron chi connectivity index (χ4n) is 2.39. The van der Waals surface area contributed by atoms with Crippen molar-refractivity contribution in [2.45, 2.75) is 9.92 Å². The van der Waals surface area contributed by atoms with Gasteiger partial charge >= 0.3 is 0 Å². The monoisotopic (exact) mass is 396 g/mol. The largest absolute Gasteiger partial charge is 0.383 e. The van der Waals surface area contributed by atoms with E-state index in [1.54, 1.807) is 36.4 Å². The summed E-state index contributed by atoms with van der Waals surface area (Å²) in [5.41, 5.74) is 7.59. The molecule has 0 spiro atoms. The normalized spacial score (nSPS) is 10.2. The average Bonchev–Trinajstić information content (AvgIpc) is 2.64. The van der Waals surface area contributed by atoms with Gasteiger partial charge in [0.05, 0.1) is 5.56 Å². The van der Waals surface area contributed by atoms with E-state index in [0.29, 0.717) is 26.2 Å². The van der Waals surface area contributed by atoms with Gasteiger partial charge in [0.2, 0.25) is 0 Å². The van der Waals surface area contributed by atoms with Gasteiger partial charge in [0.1, 0.15) is 28.5 Å². The summed E-state index contributed by atoms with van der Waals surface area (Å²) in [5, 5.41) is 20.9. The number of nitrogens with two attached hydrogens (primary N) is 1. The third-order valence-electron chi connectivity index (χ3n) is 3.58. The SMILES string of the molecule is N#Cc1c(N)nc(Sc2ccc(Cl)cc2)c(C#N)c1-c1ccc(Cl)cc1. The van der Waals surface area contributed by atoms with Crippen molar-refractivity contribution in [1.29, 1.82) is 10.5 Å². The molecule has 2 aromatic carbocycles. The number of nitrogen functional groups attached to an aromatic ring is 1. The van der Waals surface area contributed by atoms with Crippen LogP contribution in [0, 0.1) is 22.7 Å². The minimum absolute atomic E-state index is 0.0768. The third-order valence-corrected chi connectivity index (χ3v) is 5.08. The van der Waals surface area contributed by atoms with E-state index in [1.807, 2.05) is 12.1 Å². The lowest BCUT2D eigenvalue weighted by molar-refractivity contribution is 1.11. The van der Waals surface area contributed by atoms with E-state index < -0.39 is 0 Å². The summed E-state index contributed by atoms with van der Waals surface area (Å²) in [6.45, 7) is 0. The van der Waals surface area contributed by atoms with Crippen molar-refractivity contribution < 1.29 is 0 Å². The van der Waals surface area contributed by atoms with E-state index in [2.05, 4.69) is 17.1 Å². The molecule has 3 rings (SSSR count). The average molecular weight is 397 g/mol. The van der Waals surface area contributed by atoms with Gasteiger partial charge in [-0.1, -0.05) is 47.1 Å². The van der Waals surface area contributed by atoms with Gasteiger partial charge in [-0.05, 0) is 42.0 Å². The van der Waals surface area contributed by atoms with E-state index in [1.165, 1.54) is 11.8 Å². The summed E-state index contributed by atoms with van der Waals surface area (Å²) >= 11 is 13.1. The Labute approximate surface area is 164 Å². The van der Waals surface area contributed by atoms with Crippen LogP contribution in [0.25, 0.3) is 11.1 Å². The quantitative estimate of drug-likeness (QED) is 0.628. The fraction of sp³-hybridized carbons (Fsp3) is 0. The summed E-state index contributed by atoms with van der Waals surface area (Å²) in [6, 6.07) is 18.3. The molecule has 3 aromatic rings. The molecule has 0 aliphatic rings. The Kier molecular flexibility index (Phi) is 5.35. The molecule has 1 aromatic heterocycles. The summed E-state index contributed by atoms with van der Waals surface area (Å²) in [4.78, 5) is 5.12. The van der Waals surface area contributed by atoms with E-state index >= 15 is 0 Å². The third kappa shape index (κ3) is 3.61. The smallest absolute Gasteiger partial charge is 0.143 e. The number of nitriles is 2. The van der Waals surface area contributed by atoms with Crippen molar-refractivity contribution >= 4 is 40.8 Å². The maximum atomic E-state index is 9.75.